The highest BCUT2D eigenvalue weighted by Gasteiger charge is 2.17. The van der Waals surface area contributed by atoms with Gasteiger partial charge in [-0.3, -0.25) is 9.52 Å². The summed E-state index contributed by atoms with van der Waals surface area (Å²) in [5, 5.41) is 4.49. The third-order valence-corrected chi connectivity index (χ3v) is 7.09. The van der Waals surface area contributed by atoms with E-state index < -0.39 is 10.0 Å². The summed E-state index contributed by atoms with van der Waals surface area (Å²) in [5.74, 6) is 1.07. The van der Waals surface area contributed by atoms with Gasteiger partial charge in [0.05, 0.1) is 21.3 Å². The normalized spacial score (nSPS) is 10.9. The fourth-order valence-corrected chi connectivity index (χ4v) is 4.91. The average Bonchev–Trinajstić information content (AvgIpc) is 3.32. The molecule has 1 aromatic heterocycles. The molecule has 2 N–H and O–H groups in total. The number of amides is 1. The van der Waals surface area contributed by atoms with Gasteiger partial charge < -0.3 is 19.5 Å². The van der Waals surface area contributed by atoms with Crippen molar-refractivity contribution in [2.45, 2.75) is 10.8 Å². The highest BCUT2D eigenvalue weighted by atomic mass is 32.2. The Morgan fingerprint density at radius 1 is 0.968 bits per heavy atom. The topological polar surface area (TPSA) is 103 Å². The van der Waals surface area contributed by atoms with Crippen LogP contribution < -0.4 is 24.2 Å². The fourth-order valence-electron chi connectivity index (χ4n) is 2.87. The van der Waals surface area contributed by atoms with Crippen LogP contribution in [0.3, 0.4) is 0 Å². The number of nitrogens with one attached hydrogen (secondary N) is 2. The lowest BCUT2D eigenvalue weighted by Gasteiger charge is -2.14. The van der Waals surface area contributed by atoms with Crippen molar-refractivity contribution >= 4 is 33.0 Å². The minimum atomic E-state index is -3.69. The molecule has 0 aliphatic carbocycles. The summed E-state index contributed by atoms with van der Waals surface area (Å²) in [6.07, 6.45) is 0. The molecule has 0 radical (unpaired) electrons. The van der Waals surface area contributed by atoms with Crippen LogP contribution in [0.2, 0.25) is 0 Å². The van der Waals surface area contributed by atoms with Gasteiger partial charge in [-0.1, -0.05) is 12.1 Å². The summed E-state index contributed by atoms with van der Waals surface area (Å²) in [7, 11) is 0.855. The van der Waals surface area contributed by atoms with E-state index in [4.69, 9.17) is 14.2 Å². The summed E-state index contributed by atoms with van der Waals surface area (Å²) in [6.45, 7) is 0.209. The monoisotopic (exact) mass is 462 g/mol. The van der Waals surface area contributed by atoms with E-state index in [-0.39, 0.29) is 16.7 Å². The van der Waals surface area contributed by atoms with Crippen LogP contribution in [0, 0.1) is 0 Å². The summed E-state index contributed by atoms with van der Waals surface area (Å²) in [5.41, 5.74) is 1.37. The minimum absolute atomic E-state index is 0.199. The van der Waals surface area contributed by atoms with Crippen molar-refractivity contribution < 1.29 is 27.4 Å². The Bertz CT molecular complexity index is 1140. The third kappa shape index (κ3) is 5.28. The number of carbonyl (C=O) groups excluding carboxylic acids is 1. The van der Waals surface area contributed by atoms with Gasteiger partial charge in [0, 0.05) is 17.8 Å². The molecular formula is C21H22N2O6S2. The molecule has 0 unspecified atom stereocenters. The first-order valence-corrected chi connectivity index (χ1v) is 11.5. The first-order valence-electron chi connectivity index (χ1n) is 9.11. The standard InChI is InChI=1S/C21H22N2O6S2/c1-27-17-10-14(11-18(28-2)20(17)29-3)13-22-21(24)15-6-4-7-16(12-15)23-31(25,26)19-8-5-9-30-19/h4-12,23H,13H2,1-3H3,(H,22,24). The van der Waals surface area contributed by atoms with Gasteiger partial charge in [0.2, 0.25) is 5.75 Å². The first-order chi connectivity index (χ1) is 14.9. The predicted molar refractivity (Wildman–Crippen MR) is 119 cm³/mol. The maximum atomic E-state index is 12.6. The van der Waals surface area contributed by atoms with Gasteiger partial charge in [0.15, 0.2) is 11.5 Å². The number of hydrogen-bond donors (Lipinski definition) is 2. The second-order valence-corrected chi connectivity index (χ2v) is 9.19. The van der Waals surface area contributed by atoms with Gasteiger partial charge in [0.1, 0.15) is 4.21 Å². The molecule has 3 aromatic rings. The van der Waals surface area contributed by atoms with Gasteiger partial charge in [0.25, 0.3) is 15.9 Å². The molecular weight excluding hydrogens is 440 g/mol. The zero-order valence-electron chi connectivity index (χ0n) is 17.2. The lowest BCUT2D eigenvalue weighted by atomic mass is 10.1. The van der Waals surface area contributed by atoms with E-state index in [1.54, 1.807) is 41.8 Å². The second kappa shape index (κ2) is 9.71. The number of methoxy groups -OCH3 is 3. The van der Waals surface area contributed by atoms with Gasteiger partial charge in [-0.15, -0.1) is 11.3 Å². The second-order valence-electron chi connectivity index (χ2n) is 6.33. The maximum Gasteiger partial charge on any atom is 0.271 e. The van der Waals surface area contributed by atoms with E-state index in [1.165, 1.54) is 33.5 Å². The van der Waals surface area contributed by atoms with Crippen molar-refractivity contribution in [3.8, 4) is 17.2 Å². The fraction of sp³-hybridized carbons (Fsp3) is 0.190. The summed E-state index contributed by atoms with van der Waals surface area (Å²) < 4.78 is 43.4. The Kier molecular flexibility index (Phi) is 7.03. The quantitative estimate of drug-likeness (QED) is 0.505. The minimum Gasteiger partial charge on any atom is -0.493 e. The van der Waals surface area contributed by atoms with E-state index in [0.717, 1.165) is 16.9 Å². The van der Waals surface area contributed by atoms with E-state index in [0.29, 0.717) is 28.5 Å². The molecule has 0 saturated carbocycles. The Morgan fingerprint density at radius 2 is 1.68 bits per heavy atom. The van der Waals surface area contributed by atoms with Crippen molar-refractivity contribution in [2.24, 2.45) is 0 Å². The van der Waals surface area contributed by atoms with Crippen LogP contribution in [-0.4, -0.2) is 35.7 Å². The highest BCUT2D eigenvalue weighted by molar-refractivity contribution is 7.94. The molecule has 1 heterocycles. The molecule has 1 amide bonds. The molecule has 8 nitrogen and oxygen atoms in total. The third-order valence-electron chi connectivity index (χ3n) is 4.31. The molecule has 164 valence electrons. The van der Waals surface area contributed by atoms with Gasteiger partial charge in [-0.2, -0.15) is 0 Å². The first kappa shape index (κ1) is 22.4. The van der Waals surface area contributed by atoms with Crippen LogP contribution in [0.15, 0.2) is 58.1 Å². The number of ether oxygens (including phenoxy) is 3. The van der Waals surface area contributed by atoms with Crippen LogP contribution >= 0.6 is 11.3 Å². The molecule has 2 aromatic carbocycles. The Balaban J connectivity index is 1.73. The maximum absolute atomic E-state index is 12.6. The lowest BCUT2D eigenvalue weighted by Crippen LogP contribution is -2.23. The number of hydrogen-bond acceptors (Lipinski definition) is 7. The van der Waals surface area contributed by atoms with Crippen LogP contribution in [0.25, 0.3) is 0 Å². The number of anilines is 1. The van der Waals surface area contributed by atoms with E-state index >= 15 is 0 Å². The molecule has 3 rings (SSSR count). The summed E-state index contributed by atoms with van der Waals surface area (Å²) >= 11 is 1.11. The SMILES string of the molecule is COc1cc(CNC(=O)c2cccc(NS(=O)(=O)c3cccs3)c2)cc(OC)c1OC. The zero-order valence-corrected chi connectivity index (χ0v) is 18.8. The van der Waals surface area contributed by atoms with Gasteiger partial charge >= 0.3 is 0 Å². The lowest BCUT2D eigenvalue weighted by molar-refractivity contribution is 0.0951. The summed E-state index contributed by atoms with van der Waals surface area (Å²) in [4.78, 5) is 12.6. The molecule has 10 heteroatoms. The van der Waals surface area contributed by atoms with Crippen molar-refractivity contribution in [1.82, 2.24) is 5.32 Å². The van der Waals surface area contributed by atoms with Crippen molar-refractivity contribution in [1.29, 1.82) is 0 Å². The Morgan fingerprint density at radius 3 is 2.26 bits per heavy atom. The number of thiophene rings is 1. The van der Waals surface area contributed by atoms with E-state index in [9.17, 15) is 13.2 Å². The van der Waals surface area contributed by atoms with Gasteiger partial charge in [-0.05, 0) is 47.3 Å². The van der Waals surface area contributed by atoms with Crippen molar-refractivity contribution in [3.63, 3.8) is 0 Å². The van der Waals surface area contributed by atoms with E-state index in [1.807, 2.05) is 0 Å². The molecule has 0 spiro atoms. The smallest absolute Gasteiger partial charge is 0.271 e. The molecule has 0 aliphatic heterocycles. The molecule has 0 atom stereocenters. The van der Waals surface area contributed by atoms with Crippen LogP contribution in [0.4, 0.5) is 5.69 Å². The molecule has 0 aliphatic rings. The molecule has 31 heavy (non-hydrogen) atoms. The summed E-state index contributed by atoms with van der Waals surface area (Å²) in [6, 6.07) is 12.9. The predicted octanol–water partition coefficient (Wildman–Crippen LogP) is 3.50. The average molecular weight is 463 g/mol. The Labute approximate surface area is 184 Å². The largest absolute Gasteiger partial charge is 0.493 e. The zero-order chi connectivity index (χ0) is 22.4. The van der Waals surface area contributed by atoms with Crippen LogP contribution in [0.1, 0.15) is 15.9 Å². The van der Waals surface area contributed by atoms with Crippen molar-refractivity contribution in [2.75, 3.05) is 26.1 Å². The van der Waals surface area contributed by atoms with Crippen LogP contribution in [0.5, 0.6) is 17.2 Å². The number of benzene rings is 2. The molecule has 0 bridgehead atoms. The van der Waals surface area contributed by atoms with Crippen LogP contribution in [-0.2, 0) is 16.6 Å². The van der Waals surface area contributed by atoms with Gasteiger partial charge in [-0.25, -0.2) is 8.42 Å². The molecule has 0 saturated heterocycles. The highest BCUT2D eigenvalue weighted by Crippen LogP contribution is 2.38. The number of carbonyl (C=O) groups is 1. The Hall–Kier alpha value is -3.24. The number of sulfonamides is 1. The van der Waals surface area contributed by atoms with Crippen molar-refractivity contribution in [3.05, 3.63) is 65.0 Å². The molecule has 0 fully saturated rings. The van der Waals surface area contributed by atoms with E-state index in [2.05, 4.69) is 10.0 Å². The number of rotatable bonds is 9.